The summed E-state index contributed by atoms with van der Waals surface area (Å²) in [4.78, 5) is 23.4. The molecule has 0 saturated carbocycles. The number of ether oxygens (including phenoxy) is 1. The molecule has 0 radical (unpaired) electrons. The van der Waals surface area contributed by atoms with Crippen molar-refractivity contribution in [2.24, 2.45) is 0 Å². The molecule has 0 spiro atoms. The lowest BCUT2D eigenvalue weighted by molar-refractivity contribution is -0.122. The highest BCUT2D eigenvalue weighted by atomic mass is 79.9. The molecule has 0 aromatic heterocycles. The molecule has 2 rings (SSSR count). The molecule has 7 heteroatoms. The third-order valence-corrected chi connectivity index (χ3v) is 3.54. The van der Waals surface area contributed by atoms with Gasteiger partial charge in [0.1, 0.15) is 11.6 Å². The zero-order valence-electron chi connectivity index (χ0n) is 12.7. The fourth-order valence-corrected chi connectivity index (χ4v) is 2.26. The van der Waals surface area contributed by atoms with Crippen LogP contribution in [0, 0.1) is 5.82 Å². The Morgan fingerprint density at radius 2 is 1.88 bits per heavy atom. The number of halogens is 2. The molecule has 2 aromatic carbocycles. The van der Waals surface area contributed by atoms with E-state index in [2.05, 4.69) is 26.8 Å². The van der Waals surface area contributed by atoms with E-state index in [1.165, 1.54) is 18.2 Å². The van der Waals surface area contributed by atoms with Crippen molar-refractivity contribution in [3.63, 3.8) is 0 Å². The van der Waals surface area contributed by atoms with Gasteiger partial charge in [0, 0.05) is 10.9 Å². The molecule has 0 fully saturated rings. The minimum Gasteiger partial charge on any atom is -0.494 e. The molecule has 0 aliphatic rings. The average molecular weight is 395 g/mol. The molecule has 0 unspecified atom stereocenters. The lowest BCUT2D eigenvalue weighted by Crippen LogP contribution is -2.41. The minimum atomic E-state index is -0.702. The highest BCUT2D eigenvalue weighted by Gasteiger charge is 2.11. The molecule has 2 amide bonds. The Balaban J connectivity index is 1.66. The monoisotopic (exact) mass is 394 g/mol. The molecular formula is C17H16BrFN2O3. The van der Waals surface area contributed by atoms with Gasteiger partial charge in [0.2, 0.25) is 5.91 Å². The molecule has 2 N–H and O–H groups in total. The van der Waals surface area contributed by atoms with E-state index in [9.17, 15) is 14.0 Å². The van der Waals surface area contributed by atoms with Crippen molar-refractivity contribution in [2.75, 3.05) is 6.61 Å². The van der Waals surface area contributed by atoms with E-state index in [0.29, 0.717) is 18.8 Å². The minimum absolute atomic E-state index is 0.129. The van der Waals surface area contributed by atoms with E-state index in [0.717, 1.165) is 4.47 Å². The van der Waals surface area contributed by atoms with Crippen LogP contribution in [0.3, 0.4) is 0 Å². The number of hydrogen-bond donors (Lipinski definition) is 2. The Kier molecular flexibility index (Phi) is 6.74. The zero-order valence-corrected chi connectivity index (χ0v) is 14.3. The topological polar surface area (TPSA) is 67.4 Å². The maximum absolute atomic E-state index is 13.4. The highest BCUT2D eigenvalue weighted by Crippen LogP contribution is 2.17. The zero-order chi connectivity index (χ0) is 17.4. The molecule has 126 valence electrons. The van der Waals surface area contributed by atoms with Gasteiger partial charge in [0.15, 0.2) is 0 Å². The first-order valence-electron chi connectivity index (χ1n) is 7.28. The van der Waals surface area contributed by atoms with Crippen molar-refractivity contribution < 1.29 is 18.7 Å². The van der Waals surface area contributed by atoms with Gasteiger partial charge in [0.25, 0.3) is 5.91 Å². The van der Waals surface area contributed by atoms with Crippen molar-refractivity contribution in [2.45, 2.75) is 12.8 Å². The maximum atomic E-state index is 13.4. The Labute approximate surface area is 147 Å². The number of nitrogens with one attached hydrogen (secondary N) is 2. The van der Waals surface area contributed by atoms with Gasteiger partial charge in [-0.15, -0.1) is 0 Å². The standard InChI is InChI=1S/C17H16BrFN2O3/c18-12-5-3-6-13(11-12)24-10-4-9-16(22)20-21-17(23)14-7-1-2-8-15(14)19/h1-3,5-8,11H,4,9-10H2,(H,20,22)(H,21,23). The van der Waals surface area contributed by atoms with Crippen LogP contribution in [0.1, 0.15) is 23.2 Å². The van der Waals surface area contributed by atoms with Gasteiger partial charge >= 0.3 is 0 Å². The first-order chi connectivity index (χ1) is 11.6. The van der Waals surface area contributed by atoms with Crippen molar-refractivity contribution in [1.29, 1.82) is 0 Å². The Hall–Kier alpha value is -2.41. The van der Waals surface area contributed by atoms with Gasteiger partial charge in [-0.25, -0.2) is 4.39 Å². The summed E-state index contributed by atoms with van der Waals surface area (Å²) in [7, 11) is 0. The first-order valence-corrected chi connectivity index (χ1v) is 8.07. The third kappa shape index (κ3) is 5.66. The number of amides is 2. The largest absolute Gasteiger partial charge is 0.494 e. The molecule has 0 saturated heterocycles. The molecule has 5 nitrogen and oxygen atoms in total. The smallest absolute Gasteiger partial charge is 0.272 e. The van der Waals surface area contributed by atoms with Crippen LogP contribution < -0.4 is 15.6 Å². The van der Waals surface area contributed by atoms with Crippen LogP contribution in [0.25, 0.3) is 0 Å². The Bertz CT molecular complexity index is 724. The molecule has 24 heavy (non-hydrogen) atoms. The quantitative estimate of drug-likeness (QED) is 0.583. The second-order valence-electron chi connectivity index (χ2n) is 4.89. The van der Waals surface area contributed by atoms with Gasteiger partial charge < -0.3 is 4.74 Å². The normalized spacial score (nSPS) is 10.1. The summed E-state index contributed by atoms with van der Waals surface area (Å²) in [6.45, 7) is 0.366. The van der Waals surface area contributed by atoms with Gasteiger partial charge in [-0.2, -0.15) is 0 Å². The molecule has 2 aromatic rings. The summed E-state index contributed by atoms with van der Waals surface area (Å²) in [5.74, 6) is -1.02. The summed E-state index contributed by atoms with van der Waals surface area (Å²) >= 11 is 3.34. The number of carbonyl (C=O) groups is 2. The summed E-state index contributed by atoms with van der Waals surface area (Å²) in [5.41, 5.74) is 4.30. The van der Waals surface area contributed by atoms with Crippen molar-refractivity contribution in [3.8, 4) is 5.75 Å². The van der Waals surface area contributed by atoms with E-state index < -0.39 is 11.7 Å². The SMILES string of the molecule is O=C(CCCOc1cccc(Br)c1)NNC(=O)c1ccccc1F. The number of hydrogen-bond acceptors (Lipinski definition) is 3. The van der Waals surface area contributed by atoms with E-state index in [1.807, 2.05) is 24.3 Å². The van der Waals surface area contributed by atoms with Gasteiger partial charge in [0.05, 0.1) is 12.2 Å². The fraction of sp³-hybridized carbons (Fsp3) is 0.176. The van der Waals surface area contributed by atoms with E-state index in [1.54, 1.807) is 6.07 Å². The lowest BCUT2D eigenvalue weighted by Gasteiger charge is -2.09. The molecule has 0 aliphatic carbocycles. The summed E-state index contributed by atoms with van der Waals surface area (Å²) < 4.78 is 19.8. The lowest BCUT2D eigenvalue weighted by atomic mass is 10.2. The third-order valence-electron chi connectivity index (χ3n) is 3.05. The van der Waals surface area contributed by atoms with Crippen LogP contribution in [-0.4, -0.2) is 18.4 Å². The molecule has 0 atom stereocenters. The van der Waals surface area contributed by atoms with E-state index >= 15 is 0 Å². The molecule has 0 heterocycles. The van der Waals surface area contributed by atoms with Crippen LogP contribution in [0.2, 0.25) is 0 Å². The molecule has 0 aliphatic heterocycles. The Morgan fingerprint density at radius 3 is 2.62 bits per heavy atom. The van der Waals surface area contributed by atoms with Crippen LogP contribution in [0.4, 0.5) is 4.39 Å². The number of benzene rings is 2. The van der Waals surface area contributed by atoms with Crippen LogP contribution >= 0.6 is 15.9 Å². The molecule has 0 bridgehead atoms. The van der Waals surface area contributed by atoms with Crippen LogP contribution in [0.5, 0.6) is 5.75 Å². The fourth-order valence-electron chi connectivity index (χ4n) is 1.88. The van der Waals surface area contributed by atoms with Crippen molar-refractivity contribution in [1.82, 2.24) is 10.9 Å². The summed E-state index contributed by atoms with van der Waals surface area (Å²) in [6.07, 6.45) is 0.652. The van der Waals surface area contributed by atoms with Crippen molar-refractivity contribution >= 4 is 27.7 Å². The number of rotatable bonds is 6. The van der Waals surface area contributed by atoms with E-state index in [-0.39, 0.29) is 17.9 Å². The van der Waals surface area contributed by atoms with Gasteiger partial charge in [-0.3, -0.25) is 20.4 Å². The highest BCUT2D eigenvalue weighted by molar-refractivity contribution is 9.10. The second-order valence-corrected chi connectivity index (χ2v) is 5.81. The maximum Gasteiger partial charge on any atom is 0.272 e. The predicted molar refractivity (Wildman–Crippen MR) is 90.9 cm³/mol. The first kappa shape index (κ1) is 17.9. The van der Waals surface area contributed by atoms with Crippen LogP contribution in [-0.2, 0) is 4.79 Å². The van der Waals surface area contributed by atoms with Gasteiger partial charge in [-0.1, -0.05) is 34.1 Å². The second kappa shape index (κ2) is 9.02. The summed E-state index contributed by atoms with van der Waals surface area (Å²) in [6, 6.07) is 12.9. The predicted octanol–water partition coefficient (Wildman–Crippen LogP) is 3.21. The Morgan fingerprint density at radius 1 is 1.08 bits per heavy atom. The molecular weight excluding hydrogens is 379 g/mol. The van der Waals surface area contributed by atoms with Crippen molar-refractivity contribution in [3.05, 3.63) is 64.4 Å². The van der Waals surface area contributed by atoms with Crippen LogP contribution in [0.15, 0.2) is 53.0 Å². The average Bonchev–Trinajstić information content (AvgIpc) is 2.57. The number of hydrazine groups is 1. The van der Waals surface area contributed by atoms with E-state index in [4.69, 9.17) is 4.74 Å². The summed E-state index contributed by atoms with van der Waals surface area (Å²) in [5, 5.41) is 0. The number of carbonyl (C=O) groups excluding carboxylic acids is 2. The van der Waals surface area contributed by atoms with Gasteiger partial charge in [-0.05, 0) is 36.8 Å².